The zero-order valence-electron chi connectivity index (χ0n) is 21.8. The third-order valence-electron chi connectivity index (χ3n) is 6.77. The number of aromatic nitrogens is 1. The Labute approximate surface area is 217 Å². The van der Waals surface area contributed by atoms with Crippen molar-refractivity contribution in [1.29, 1.82) is 5.26 Å². The number of ether oxygens (including phenoxy) is 1. The van der Waals surface area contributed by atoms with E-state index in [9.17, 15) is 14.9 Å². The van der Waals surface area contributed by atoms with Gasteiger partial charge in [-0.2, -0.15) is 5.26 Å². The summed E-state index contributed by atoms with van der Waals surface area (Å²) < 4.78 is 5.41. The number of carbonyl (C=O) groups is 1. The van der Waals surface area contributed by atoms with E-state index in [0.717, 1.165) is 37.8 Å². The first-order valence-corrected chi connectivity index (χ1v) is 12.9. The fourth-order valence-electron chi connectivity index (χ4n) is 5.03. The summed E-state index contributed by atoms with van der Waals surface area (Å²) in [6, 6.07) is 10.0. The van der Waals surface area contributed by atoms with Gasteiger partial charge in [-0.3, -0.25) is 14.5 Å². The van der Waals surface area contributed by atoms with E-state index in [-0.39, 0.29) is 34.9 Å². The van der Waals surface area contributed by atoms with E-state index in [4.69, 9.17) is 10.5 Å². The minimum absolute atomic E-state index is 0.0289. The van der Waals surface area contributed by atoms with Crippen LogP contribution in [0.2, 0.25) is 0 Å². The second kappa shape index (κ2) is 11.2. The van der Waals surface area contributed by atoms with Gasteiger partial charge in [0.2, 0.25) is 0 Å². The number of nitrogens with one attached hydrogen (secondary N) is 2. The Balaban J connectivity index is 1.47. The number of aromatic amines is 1. The van der Waals surface area contributed by atoms with Gasteiger partial charge in [0, 0.05) is 31.9 Å². The Kier molecular flexibility index (Phi) is 7.98. The van der Waals surface area contributed by atoms with Crippen molar-refractivity contribution in [3.05, 3.63) is 57.5 Å². The molecule has 2 heterocycles. The van der Waals surface area contributed by atoms with Gasteiger partial charge >= 0.3 is 5.97 Å². The summed E-state index contributed by atoms with van der Waals surface area (Å²) in [5, 5.41) is 12.9. The summed E-state index contributed by atoms with van der Waals surface area (Å²) in [6.45, 7) is 7.68. The van der Waals surface area contributed by atoms with Crippen LogP contribution in [0.3, 0.4) is 0 Å². The topological polar surface area (TPSA) is 137 Å². The Hall–Kier alpha value is -3.64. The molecule has 37 heavy (non-hydrogen) atoms. The van der Waals surface area contributed by atoms with Crippen LogP contribution in [0.25, 0.3) is 0 Å². The molecule has 0 amide bonds. The molecule has 2 aliphatic rings. The molecule has 1 fully saturated rings. The molecule has 1 aromatic heterocycles. The van der Waals surface area contributed by atoms with Crippen LogP contribution in [0.1, 0.15) is 69.6 Å². The highest BCUT2D eigenvalue weighted by Gasteiger charge is 2.26. The van der Waals surface area contributed by atoms with Crippen LogP contribution >= 0.6 is 0 Å². The molecule has 4 rings (SSSR count). The van der Waals surface area contributed by atoms with Crippen molar-refractivity contribution in [3.8, 4) is 6.07 Å². The molecule has 1 aliphatic heterocycles. The average Bonchev–Trinajstić information content (AvgIpc) is 3.24. The summed E-state index contributed by atoms with van der Waals surface area (Å²) >= 11 is 0. The predicted octanol–water partition coefficient (Wildman–Crippen LogP) is 3.95. The molecule has 1 aliphatic carbocycles. The van der Waals surface area contributed by atoms with Crippen molar-refractivity contribution in [2.45, 2.75) is 77.6 Å². The standard InChI is InChI=1S/C28H36N6O3/c1-28(2,3)37-24(35)11-13-34-16-19-8-9-21(14-20(19)17-34)32-26(30)25-23(10-12-31-27(25)36)33-22-7-5-4-6-18(22)15-29/h8-10,12,14,18,22H,4-7,11,13,16-17H2,1-3H3,(H2,30,32)(H2,31,33,36)/t18-,22+/m1/s1. The number of benzene rings is 1. The molecule has 1 saturated carbocycles. The van der Waals surface area contributed by atoms with Gasteiger partial charge in [-0.1, -0.05) is 18.9 Å². The summed E-state index contributed by atoms with van der Waals surface area (Å²) in [5.41, 5.74) is 9.39. The lowest BCUT2D eigenvalue weighted by Gasteiger charge is -2.29. The predicted molar refractivity (Wildman–Crippen MR) is 143 cm³/mol. The maximum atomic E-state index is 12.7. The van der Waals surface area contributed by atoms with Crippen LogP contribution in [-0.2, 0) is 22.6 Å². The van der Waals surface area contributed by atoms with Crippen LogP contribution < -0.4 is 16.6 Å². The van der Waals surface area contributed by atoms with E-state index < -0.39 is 5.60 Å². The second-order valence-electron chi connectivity index (χ2n) is 10.9. The molecule has 9 nitrogen and oxygen atoms in total. The normalized spacial score (nSPS) is 20.2. The molecule has 0 radical (unpaired) electrons. The van der Waals surface area contributed by atoms with Crippen LogP contribution in [-0.4, -0.2) is 39.9 Å². The molecule has 4 N–H and O–H groups in total. The Morgan fingerprint density at radius 1 is 1.24 bits per heavy atom. The van der Waals surface area contributed by atoms with Crippen LogP contribution in [0.4, 0.5) is 11.4 Å². The van der Waals surface area contributed by atoms with Gasteiger partial charge < -0.3 is 20.8 Å². The van der Waals surface area contributed by atoms with Gasteiger partial charge in [-0.15, -0.1) is 0 Å². The first-order valence-electron chi connectivity index (χ1n) is 12.9. The molecule has 0 saturated heterocycles. The lowest BCUT2D eigenvalue weighted by Crippen LogP contribution is -2.34. The number of rotatable bonds is 7. The summed E-state index contributed by atoms with van der Waals surface area (Å²) in [4.78, 5) is 34.3. The number of hydrogen-bond acceptors (Lipinski definition) is 7. The Bertz CT molecular complexity index is 1270. The molecular weight excluding hydrogens is 468 g/mol. The van der Waals surface area contributed by atoms with Gasteiger partial charge in [0.15, 0.2) is 0 Å². The number of amidine groups is 1. The summed E-state index contributed by atoms with van der Waals surface area (Å²) in [5.74, 6) is -0.184. The monoisotopic (exact) mass is 504 g/mol. The third-order valence-corrected chi connectivity index (χ3v) is 6.77. The van der Waals surface area contributed by atoms with Crippen molar-refractivity contribution in [3.63, 3.8) is 0 Å². The quantitative estimate of drug-likeness (QED) is 0.295. The van der Waals surface area contributed by atoms with Gasteiger partial charge in [0.25, 0.3) is 5.56 Å². The fraction of sp³-hybridized carbons (Fsp3) is 0.500. The van der Waals surface area contributed by atoms with Crippen LogP contribution in [0.5, 0.6) is 0 Å². The van der Waals surface area contributed by atoms with Gasteiger partial charge in [-0.25, -0.2) is 4.99 Å². The minimum Gasteiger partial charge on any atom is -0.460 e. The van der Waals surface area contributed by atoms with Crippen molar-refractivity contribution in [1.82, 2.24) is 9.88 Å². The number of nitrogens with two attached hydrogens (primary N) is 1. The molecular formula is C28H36N6O3. The first-order chi connectivity index (χ1) is 17.6. The van der Waals surface area contributed by atoms with Crippen molar-refractivity contribution >= 4 is 23.2 Å². The SMILES string of the molecule is CC(C)(C)OC(=O)CCN1Cc2ccc(N=C(N)c3c(N[C@H]4CCCC[C@@H]4C#N)cc[nH]c3=O)cc2C1. The number of anilines is 1. The smallest absolute Gasteiger partial charge is 0.307 e. The molecule has 2 aromatic rings. The molecule has 2 atom stereocenters. The number of esters is 1. The molecule has 1 aromatic carbocycles. The Morgan fingerprint density at radius 2 is 2.00 bits per heavy atom. The van der Waals surface area contributed by atoms with E-state index in [1.54, 1.807) is 12.3 Å². The van der Waals surface area contributed by atoms with Crippen LogP contribution in [0, 0.1) is 17.2 Å². The number of fused-ring (bicyclic) bond motifs is 1. The zero-order valence-corrected chi connectivity index (χ0v) is 21.8. The van der Waals surface area contributed by atoms with Gasteiger partial charge in [0.1, 0.15) is 17.0 Å². The number of carbonyl (C=O) groups excluding carboxylic acids is 1. The summed E-state index contributed by atoms with van der Waals surface area (Å²) in [7, 11) is 0. The number of pyridine rings is 1. The first kappa shape index (κ1) is 26.4. The van der Waals surface area contributed by atoms with E-state index in [0.29, 0.717) is 30.9 Å². The third kappa shape index (κ3) is 6.77. The van der Waals surface area contributed by atoms with Crippen LogP contribution in [0.15, 0.2) is 40.2 Å². The van der Waals surface area contributed by atoms with E-state index >= 15 is 0 Å². The van der Waals surface area contributed by atoms with E-state index in [1.165, 1.54) is 5.56 Å². The molecule has 0 spiro atoms. The zero-order chi connectivity index (χ0) is 26.6. The average molecular weight is 505 g/mol. The number of hydrogen-bond donors (Lipinski definition) is 3. The molecule has 196 valence electrons. The highest BCUT2D eigenvalue weighted by atomic mass is 16.6. The largest absolute Gasteiger partial charge is 0.460 e. The maximum absolute atomic E-state index is 12.7. The fourth-order valence-corrected chi connectivity index (χ4v) is 5.03. The van der Waals surface area contributed by atoms with Crippen molar-refractivity contribution in [2.75, 3.05) is 11.9 Å². The highest BCUT2D eigenvalue weighted by Crippen LogP contribution is 2.29. The second-order valence-corrected chi connectivity index (χ2v) is 10.9. The van der Waals surface area contributed by atoms with Crippen molar-refractivity contribution in [2.24, 2.45) is 16.6 Å². The molecule has 9 heteroatoms. The van der Waals surface area contributed by atoms with E-state index in [2.05, 4.69) is 26.3 Å². The molecule has 0 unspecified atom stereocenters. The van der Waals surface area contributed by atoms with Gasteiger partial charge in [-0.05, 0) is 62.9 Å². The Morgan fingerprint density at radius 3 is 2.76 bits per heavy atom. The lowest BCUT2D eigenvalue weighted by atomic mass is 9.85. The lowest BCUT2D eigenvalue weighted by molar-refractivity contribution is -0.155. The highest BCUT2D eigenvalue weighted by molar-refractivity contribution is 6.03. The number of H-pyrrole nitrogens is 1. The maximum Gasteiger partial charge on any atom is 0.307 e. The number of nitrogens with zero attached hydrogens (tertiary/aromatic N) is 3. The van der Waals surface area contributed by atoms with Crippen molar-refractivity contribution < 1.29 is 9.53 Å². The number of nitriles is 1. The minimum atomic E-state index is -0.485. The van der Waals surface area contributed by atoms with E-state index in [1.807, 2.05) is 39.0 Å². The molecule has 0 bridgehead atoms. The number of aliphatic imine (C=N–C) groups is 1. The van der Waals surface area contributed by atoms with Gasteiger partial charge in [0.05, 0.1) is 29.8 Å². The summed E-state index contributed by atoms with van der Waals surface area (Å²) in [6.07, 6.45) is 5.72.